The molecule has 1 heterocycles. The van der Waals surface area contributed by atoms with Crippen molar-refractivity contribution in [2.24, 2.45) is 5.92 Å². The molecule has 3 amide bonds. The second-order valence-corrected chi connectivity index (χ2v) is 10.2. The minimum atomic E-state index is -3.43. The zero-order valence-electron chi connectivity index (χ0n) is 17.6. The summed E-state index contributed by atoms with van der Waals surface area (Å²) < 4.78 is 33.5. The Balaban J connectivity index is 1.42. The molecule has 0 unspecified atom stereocenters. The number of nitrogens with zero attached hydrogens (tertiary/aromatic N) is 1. The number of carbonyl (C=O) groups is 2. The summed E-state index contributed by atoms with van der Waals surface area (Å²) in [7, 11) is -3.43. The van der Waals surface area contributed by atoms with Crippen molar-refractivity contribution in [3.8, 4) is 5.75 Å². The third kappa shape index (κ3) is 6.98. The highest BCUT2D eigenvalue weighted by atomic mass is 32.2. The third-order valence-electron chi connectivity index (χ3n) is 5.32. The minimum Gasteiger partial charge on any atom is -0.493 e. The van der Waals surface area contributed by atoms with Gasteiger partial charge in [0, 0.05) is 12.6 Å². The number of sulfonamides is 1. The van der Waals surface area contributed by atoms with Crippen molar-refractivity contribution in [1.82, 2.24) is 14.9 Å². The number of nitrogens with one attached hydrogen (secondary N) is 2. The number of unbranched alkanes of at least 4 members (excludes halogenated alkanes) is 2. The predicted octanol–water partition coefficient (Wildman–Crippen LogP) is 2.49. The van der Waals surface area contributed by atoms with Gasteiger partial charge in [0.25, 0.3) is 0 Å². The first-order chi connectivity index (χ1) is 14.2. The van der Waals surface area contributed by atoms with Gasteiger partial charge in [0.15, 0.2) is 0 Å². The molecule has 1 atom stereocenters. The maximum absolute atomic E-state index is 12.5. The van der Waals surface area contributed by atoms with E-state index in [1.54, 1.807) is 0 Å². The number of urea groups is 1. The molecular weight excluding hydrogens is 406 g/mol. The molecule has 2 fully saturated rings. The van der Waals surface area contributed by atoms with Crippen molar-refractivity contribution in [3.63, 3.8) is 0 Å². The van der Waals surface area contributed by atoms with E-state index in [-0.39, 0.29) is 30.3 Å². The first-order valence-electron chi connectivity index (χ1n) is 10.5. The summed E-state index contributed by atoms with van der Waals surface area (Å²) in [4.78, 5) is 24.1. The first-order valence-corrected chi connectivity index (χ1v) is 12.2. The topological polar surface area (TPSA) is 105 Å². The largest absolute Gasteiger partial charge is 0.493 e. The fraction of sp³-hybridized carbons (Fsp3) is 0.619. The Hall–Kier alpha value is -2.13. The van der Waals surface area contributed by atoms with Crippen LogP contribution in [-0.2, 0) is 14.8 Å². The number of carbonyl (C=O) groups excluding carboxylic acids is 2. The van der Waals surface area contributed by atoms with Gasteiger partial charge in [-0.3, -0.25) is 10.1 Å². The molecule has 2 aliphatic rings. The Bertz CT molecular complexity index is 883. The van der Waals surface area contributed by atoms with Gasteiger partial charge in [-0.25, -0.2) is 17.9 Å². The average molecular weight is 438 g/mol. The first kappa shape index (κ1) is 22.6. The van der Waals surface area contributed by atoms with Crippen LogP contribution in [0.4, 0.5) is 4.79 Å². The molecule has 0 radical (unpaired) electrons. The summed E-state index contributed by atoms with van der Waals surface area (Å²) in [6.45, 7) is 5.06. The van der Waals surface area contributed by atoms with Gasteiger partial charge in [0.1, 0.15) is 12.3 Å². The quantitative estimate of drug-likeness (QED) is 0.386. The molecule has 0 aromatic heterocycles. The van der Waals surface area contributed by atoms with E-state index >= 15 is 0 Å². The molecule has 166 valence electrons. The lowest BCUT2D eigenvalue weighted by molar-refractivity contribution is -0.118. The van der Waals surface area contributed by atoms with Gasteiger partial charge in [-0.15, -0.1) is 0 Å². The standard InChI is InChI=1S/C21H31N3O5S/c1-15-10-18(12-19(11-15)29-14-17-6-7-17)16(2)23-30(27,28)9-5-3-4-8-24-13-20(25)22-21(24)26/h10-12,16-17,23H,3-9,13-14H2,1-2H3,(H,22,25,26)/t16-/m1/s1. The Morgan fingerprint density at radius 2 is 1.97 bits per heavy atom. The number of amides is 3. The van der Waals surface area contributed by atoms with Crippen molar-refractivity contribution in [3.05, 3.63) is 29.3 Å². The minimum absolute atomic E-state index is 0.0271. The number of aryl methyl sites for hydroxylation is 1. The number of benzene rings is 1. The molecule has 1 aromatic carbocycles. The van der Waals surface area contributed by atoms with Gasteiger partial charge in [-0.2, -0.15) is 0 Å². The van der Waals surface area contributed by atoms with Crippen LogP contribution in [0.2, 0.25) is 0 Å². The summed E-state index contributed by atoms with van der Waals surface area (Å²) in [5.74, 6) is 1.18. The zero-order valence-corrected chi connectivity index (χ0v) is 18.5. The van der Waals surface area contributed by atoms with Crippen molar-refractivity contribution in [2.45, 2.75) is 52.0 Å². The number of imide groups is 1. The lowest BCUT2D eigenvalue weighted by Gasteiger charge is -2.17. The molecule has 1 saturated heterocycles. The van der Waals surface area contributed by atoms with Gasteiger partial charge in [0.05, 0.1) is 12.4 Å². The lowest BCUT2D eigenvalue weighted by Crippen LogP contribution is -2.30. The molecule has 8 nitrogen and oxygen atoms in total. The van der Waals surface area contributed by atoms with Crippen LogP contribution < -0.4 is 14.8 Å². The van der Waals surface area contributed by atoms with Crippen molar-refractivity contribution in [1.29, 1.82) is 0 Å². The lowest BCUT2D eigenvalue weighted by atomic mass is 10.1. The van der Waals surface area contributed by atoms with Gasteiger partial charge < -0.3 is 9.64 Å². The summed E-state index contributed by atoms with van der Waals surface area (Å²) in [6, 6.07) is 5.13. The second-order valence-electron chi connectivity index (χ2n) is 8.33. The van der Waals surface area contributed by atoms with Crippen LogP contribution in [0.5, 0.6) is 5.75 Å². The summed E-state index contributed by atoms with van der Waals surface area (Å²) in [6.07, 6.45) is 4.26. The summed E-state index contributed by atoms with van der Waals surface area (Å²) >= 11 is 0. The SMILES string of the molecule is Cc1cc(OCC2CC2)cc([C@@H](C)NS(=O)(=O)CCCCCN2CC(=O)NC2=O)c1. The maximum Gasteiger partial charge on any atom is 0.324 e. The number of ether oxygens (including phenoxy) is 1. The van der Waals surface area contributed by atoms with Gasteiger partial charge in [0.2, 0.25) is 15.9 Å². The van der Waals surface area contributed by atoms with Gasteiger partial charge in [-0.1, -0.05) is 12.5 Å². The molecular formula is C21H31N3O5S. The molecule has 1 aliphatic carbocycles. The summed E-state index contributed by atoms with van der Waals surface area (Å²) in [5, 5.41) is 2.23. The van der Waals surface area contributed by atoms with Gasteiger partial charge in [-0.05, 0) is 68.7 Å². The van der Waals surface area contributed by atoms with Gasteiger partial charge >= 0.3 is 6.03 Å². The molecule has 1 saturated carbocycles. The number of hydrogen-bond acceptors (Lipinski definition) is 5. The predicted molar refractivity (Wildman–Crippen MR) is 114 cm³/mol. The molecule has 1 aromatic rings. The smallest absolute Gasteiger partial charge is 0.324 e. The molecule has 9 heteroatoms. The fourth-order valence-corrected chi connectivity index (χ4v) is 4.82. The van der Waals surface area contributed by atoms with E-state index in [2.05, 4.69) is 10.0 Å². The maximum atomic E-state index is 12.5. The summed E-state index contributed by atoms with van der Waals surface area (Å²) in [5.41, 5.74) is 1.92. The highest BCUT2D eigenvalue weighted by molar-refractivity contribution is 7.89. The second kappa shape index (κ2) is 9.78. The normalized spacial score (nSPS) is 17.9. The number of rotatable bonds is 12. The van der Waals surface area contributed by atoms with E-state index in [4.69, 9.17) is 4.74 Å². The van der Waals surface area contributed by atoms with E-state index < -0.39 is 10.0 Å². The Labute approximate surface area is 178 Å². The van der Waals surface area contributed by atoms with Crippen LogP contribution in [0.25, 0.3) is 0 Å². The van der Waals surface area contributed by atoms with E-state index in [1.165, 1.54) is 17.7 Å². The highest BCUT2D eigenvalue weighted by Gasteiger charge is 2.26. The average Bonchev–Trinajstić information content (AvgIpc) is 3.43. The van der Waals surface area contributed by atoms with Crippen LogP contribution >= 0.6 is 0 Å². The van der Waals surface area contributed by atoms with Crippen LogP contribution in [0.1, 0.15) is 56.2 Å². The Morgan fingerprint density at radius 3 is 2.63 bits per heavy atom. The van der Waals surface area contributed by atoms with Crippen LogP contribution in [0.15, 0.2) is 18.2 Å². The molecule has 0 bridgehead atoms. The monoisotopic (exact) mass is 437 g/mol. The van der Waals surface area contributed by atoms with E-state index in [9.17, 15) is 18.0 Å². The molecule has 3 rings (SSSR count). The van der Waals surface area contributed by atoms with Crippen LogP contribution in [-0.4, -0.2) is 50.7 Å². The van der Waals surface area contributed by atoms with E-state index in [0.717, 1.165) is 23.5 Å². The number of hydrogen-bond donors (Lipinski definition) is 2. The van der Waals surface area contributed by atoms with E-state index in [1.807, 2.05) is 32.0 Å². The van der Waals surface area contributed by atoms with Crippen molar-refractivity contribution < 1.29 is 22.7 Å². The van der Waals surface area contributed by atoms with Crippen molar-refractivity contribution in [2.75, 3.05) is 25.4 Å². The Morgan fingerprint density at radius 1 is 1.20 bits per heavy atom. The molecule has 1 aliphatic heterocycles. The molecule has 0 spiro atoms. The zero-order chi connectivity index (χ0) is 21.7. The van der Waals surface area contributed by atoms with Crippen LogP contribution in [0.3, 0.4) is 0 Å². The third-order valence-corrected chi connectivity index (χ3v) is 6.86. The fourth-order valence-electron chi connectivity index (χ4n) is 3.44. The Kier molecular flexibility index (Phi) is 7.36. The van der Waals surface area contributed by atoms with Crippen molar-refractivity contribution >= 4 is 22.0 Å². The van der Waals surface area contributed by atoms with E-state index in [0.29, 0.717) is 31.7 Å². The molecule has 2 N–H and O–H groups in total. The highest BCUT2D eigenvalue weighted by Crippen LogP contribution is 2.30. The van der Waals surface area contributed by atoms with Crippen LogP contribution in [0, 0.1) is 12.8 Å². The molecule has 30 heavy (non-hydrogen) atoms.